The molecule has 0 radical (unpaired) electrons. The van der Waals surface area contributed by atoms with Gasteiger partial charge >= 0.3 is 11.9 Å². The highest BCUT2D eigenvalue weighted by Gasteiger charge is 2.71. The molecular weight excluding hydrogens is 460 g/mol. The second kappa shape index (κ2) is 8.04. The van der Waals surface area contributed by atoms with Crippen molar-refractivity contribution in [3.63, 3.8) is 0 Å². The number of carbonyl (C=O) groups is 3. The number of alkyl halides is 1. The molecular formula is C26H35ClO7. The summed E-state index contributed by atoms with van der Waals surface area (Å²) in [5.41, 5.74) is -2.65. The number of carbonyl (C=O) groups excluding carboxylic acids is 3. The highest BCUT2D eigenvalue weighted by molar-refractivity contribution is 6.29. The molecule has 7 nitrogen and oxygen atoms in total. The average Bonchev–Trinajstić information content (AvgIpc) is 3.33. The lowest BCUT2D eigenvalue weighted by atomic mass is 9.41. The van der Waals surface area contributed by atoms with E-state index >= 15 is 0 Å². The van der Waals surface area contributed by atoms with Gasteiger partial charge in [0.05, 0.1) is 16.6 Å². The molecule has 5 rings (SSSR count). The number of esters is 2. The fourth-order valence-electron chi connectivity index (χ4n) is 8.68. The fraction of sp³-hybridized carbons (Fsp3) is 0.808. The standard InChI is InChI=1S/C26H35ClO7/c1-15(27)22(30)34-17-3-8-24(14-28)19-4-7-23(2)18(16-11-21(29)33-13-16)6-10-26(23,32)20(19)5-9-25(24,31)12-17/h11,14-15,17-20,31-32H,3-10,12-13H2,1-2H3/t15?,17-,18+,19-,20+,23+,24-,25-,26-/m0/s1. The van der Waals surface area contributed by atoms with Crippen LogP contribution in [0.25, 0.3) is 0 Å². The number of hydrogen-bond donors (Lipinski definition) is 2. The van der Waals surface area contributed by atoms with Crippen molar-refractivity contribution in [2.75, 3.05) is 6.61 Å². The van der Waals surface area contributed by atoms with E-state index in [1.807, 2.05) is 0 Å². The number of aldehydes is 1. The summed E-state index contributed by atoms with van der Waals surface area (Å²) in [6.45, 7) is 3.98. The van der Waals surface area contributed by atoms with E-state index in [0.29, 0.717) is 45.1 Å². The minimum absolute atomic E-state index is 0.0746. The Kier molecular flexibility index (Phi) is 5.74. The molecule has 9 atom stereocenters. The molecule has 1 unspecified atom stereocenters. The lowest BCUT2D eigenvalue weighted by Gasteiger charge is -2.65. The number of ether oxygens (including phenoxy) is 2. The van der Waals surface area contributed by atoms with Crippen molar-refractivity contribution in [3.8, 4) is 0 Å². The van der Waals surface area contributed by atoms with Crippen LogP contribution >= 0.6 is 11.6 Å². The van der Waals surface area contributed by atoms with Gasteiger partial charge in [-0.25, -0.2) is 4.79 Å². The van der Waals surface area contributed by atoms with Gasteiger partial charge in [-0.1, -0.05) is 6.92 Å². The van der Waals surface area contributed by atoms with Gasteiger partial charge in [0.15, 0.2) is 0 Å². The molecule has 4 saturated carbocycles. The third-order valence-corrected chi connectivity index (χ3v) is 10.6. The topological polar surface area (TPSA) is 110 Å². The maximum atomic E-state index is 12.8. The first-order chi connectivity index (χ1) is 16.0. The van der Waals surface area contributed by atoms with Crippen LogP contribution in [0.5, 0.6) is 0 Å². The fourth-order valence-corrected chi connectivity index (χ4v) is 8.73. The van der Waals surface area contributed by atoms with Gasteiger partial charge in [-0.3, -0.25) is 4.79 Å². The summed E-state index contributed by atoms with van der Waals surface area (Å²) in [5, 5.41) is 23.3. The molecule has 0 spiro atoms. The molecule has 4 fully saturated rings. The molecule has 1 heterocycles. The SMILES string of the molecule is CC(Cl)C(=O)O[C@H]1CC[C@]2(C=O)[C@H]3CC[C@]4(C)[C@@H](C5=CC(=O)OC5)CC[C@]4(O)[C@@H]3CC[C@]2(O)C1. The average molecular weight is 495 g/mol. The molecule has 0 bridgehead atoms. The summed E-state index contributed by atoms with van der Waals surface area (Å²) < 4.78 is 10.7. The Bertz CT molecular complexity index is 932. The van der Waals surface area contributed by atoms with Crippen LogP contribution in [0.1, 0.15) is 71.6 Å². The van der Waals surface area contributed by atoms with Crippen LogP contribution in [0.4, 0.5) is 0 Å². The van der Waals surface area contributed by atoms with Crippen LogP contribution < -0.4 is 0 Å². The van der Waals surface area contributed by atoms with E-state index in [2.05, 4.69) is 6.92 Å². The van der Waals surface area contributed by atoms with Crippen molar-refractivity contribution in [3.05, 3.63) is 11.6 Å². The minimum Gasteiger partial charge on any atom is -0.461 e. The molecule has 8 heteroatoms. The van der Waals surface area contributed by atoms with Gasteiger partial charge in [0.2, 0.25) is 0 Å². The predicted octanol–water partition coefficient (Wildman–Crippen LogP) is 3.08. The number of hydrogen-bond acceptors (Lipinski definition) is 7. The van der Waals surface area contributed by atoms with Crippen molar-refractivity contribution in [1.29, 1.82) is 0 Å². The van der Waals surface area contributed by atoms with E-state index in [1.54, 1.807) is 13.0 Å². The zero-order chi connectivity index (χ0) is 24.5. The van der Waals surface area contributed by atoms with Gasteiger partial charge in [0.1, 0.15) is 24.4 Å². The van der Waals surface area contributed by atoms with E-state index in [9.17, 15) is 24.6 Å². The Morgan fingerprint density at radius 1 is 1.18 bits per heavy atom. The summed E-state index contributed by atoms with van der Waals surface area (Å²) in [6, 6.07) is 0. The number of aliphatic hydroxyl groups is 2. The van der Waals surface area contributed by atoms with E-state index in [4.69, 9.17) is 21.1 Å². The monoisotopic (exact) mass is 494 g/mol. The Labute approximate surface area is 205 Å². The van der Waals surface area contributed by atoms with Crippen molar-refractivity contribution < 1.29 is 34.1 Å². The lowest BCUT2D eigenvalue weighted by molar-refractivity contribution is -0.249. The number of halogens is 1. The van der Waals surface area contributed by atoms with Crippen LogP contribution in [0, 0.1) is 28.6 Å². The normalized spacial score (nSPS) is 48.6. The van der Waals surface area contributed by atoms with Crippen molar-refractivity contribution in [1.82, 2.24) is 0 Å². The van der Waals surface area contributed by atoms with E-state index in [1.165, 1.54) is 0 Å². The first kappa shape index (κ1) is 24.3. The molecule has 0 aromatic carbocycles. The third kappa shape index (κ3) is 3.19. The summed E-state index contributed by atoms with van der Waals surface area (Å²) in [6.07, 6.45) is 7.02. The minimum atomic E-state index is -1.27. The maximum absolute atomic E-state index is 12.8. The van der Waals surface area contributed by atoms with E-state index in [0.717, 1.165) is 24.7 Å². The zero-order valence-electron chi connectivity index (χ0n) is 19.9. The highest BCUT2D eigenvalue weighted by atomic mass is 35.5. The third-order valence-electron chi connectivity index (χ3n) is 10.4. The smallest absolute Gasteiger partial charge is 0.331 e. The number of fused-ring (bicyclic) bond motifs is 5. The quantitative estimate of drug-likeness (QED) is 0.351. The summed E-state index contributed by atoms with van der Waals surface area (Å²) >= 11 is 5.86. The molecule has 2 N–H and O–H groups in total. The summed E-state index contributed by atoms with van der Waals surface area (Å²) in [4.78, 5) is 36.5. The molecule has 0 amide bonds. The van der Waals surface area contributed by atoms with Crippen LogP contribution in [-0.4, -0.2) is 57.7 Å². The number of cyclic esters (lactones) is 1. The maximum Gasteiger partial charge on any atom is 0.331 e. The largest absolute Gasteiger partial charge is 0.461 e. The van der Waals surface area contributed by atoms with Crippen LogP contribution in [0.15, 0.2) is 11.6 Å². The van der Waals surface area contributed by atoms with E-state index in [-0.39, 0.29) is 30.1 Å². The van der Waals surface area contributed by atoms with Crippen molar-refractivity contribution in [2.24, 2.45) is 28.6 Å². The second-order valence-corrected chi connectivity index (χ2v) is 12.3. The second-order valence-electron chi connectivity index (χ2n) is 11.7. The van der Waals surface area contributed by atoms with E-state index < -0.39 is 39.5 Å². The van der Waals surface area contributed by atoms with Crippen LogP contribution in [0.3, 0.4) is 0 Å². The van der Waals surface area contributed by atoms with Crippen LogP contribution in [0.2, 0.25) is 0 Å². The molecule has 34 heavy (non-hydrogen) atoms. The molecule has 4 aliphatic carbocycles. The Balaban J connectivity index is 1.43. The summed E-state index contributed by atoms with van der Waals surface area (Å²) in [7, 11) is 0. The number of rotatable bonds is 4. The lowest BCUT2D eigenvalue weighted by Crippen LogP contribution is -2.69. The molecule has 1 aliphatic heterocycles. The first-order valence-electron chi connectivity index (χ1n) is 12.6. The highest BCUT2D eigenvalue weighted by Crippen LogP contribution is 2.70. The Morgan fingerprint density at radius 3 is 2.56 bits per heavy atom. The van der Waals surface area contributed by atoms with Gasteiger partial charge < -0.3 is 24.5 Å². The Morgan fingerprint density at radius 2 is 1.91 bits per heavy atom. The Hall–Kier alpha value is -1.44. The molecule has 5 aliphatic rings. The van der Waals surface area contributed by atoms with Crippen molar-refractivity contribution >= 4 is 29.8 Å². The summed E-state index contributed by atoms with van der Waals surface area (Å²) in [5.74, 6) is -0.995. The van der Waals surface area contributed by atoms with Crippen LogP contribution in [-0.2, 0) is 23.9 Å². The first-order valence-corrected chi connectivity index (χ1v) is 13.1. The van der Waals surface area contributed by atoms with Gasteiger partial charge in [0, 0.05) is 17.9 Å². The van der Waals surface area contributed by atoms with Gasteiger partial charge in [-0.05, 0) is 81.6 Å². The molecule has 0 aromatic rings. The zero-order valence-corrected chi connectivity index (χ0v) is 20.7. The molecule has 188 valence electrons. The van der Waals surface area contributed by atoms with Crippen molar-refractivity contribution in [2.45, 2.75) is 94.3 Å². The predicted molar refractivity (Wildman–Crippen MR) is 123 cm³/mol. The van der Waals surface area contributed by atoms with Gasteiger partial charge in [0.25, 0.3) is 0 Å². The molecule has 0 saturated heterocycles. The molecule has 0 aromatic heterocycles. The van der Waals surface area contributed by atoms with Gasteiger partial charge in [-0.15, -0.1) is 11.6 Å². The van der Waals surface area contributed by atoms with Gasteiger partial charge in [-0.2, -0.15) is 0 Å².